The molecule has 1 aromatic carbocycles. The molecule has 74 valence electrons. The van der Waals surface area contributed by atoms with E-state index in [-0.39, 0.29) is 5.91 Å². The Kier molecular flexibility index (Phi) is 2.43. The number of rotatable bonds is 1. The topological polar surface area (TPSA) is 64.3 Å². The molecule has 2 rings (SSSR count). The minimum atomic E-state index is -0.329. The van der Waals surface area contributed by atoms with Gasteiger partial charge in [0.05, 0.1) is 12.2 Å². The zero-order chi connectivity index (χ0) is 10.1. The number of carbonyl (C=O) groups excluding carboxylic acids is 1. The maximum absolute atomic E-state index is 11.4. The summed E-state index contributed by atoms with van der Waals surface area (Å²) in [7, 11) is 0. The number of nitrogens with two attached hydrogens (primary N) is 1. The molecule has 5 heteroatoms. The van der Waals surface area contributed by atoms with E-state index in [1.54, 1.807) is 6.07 Å². The van der Waals surface area contributed by atoms with Crippen molar-refractivity contribution in [2.24, 2.45) is 5.84 Å². The number of amides is 1. The van der Waals surface area contributed by atoms with Crippen LogP contribution in [0.4, 0.5) is 0 Å². The summed E-state index contributed by atoms with van der Waals surface area (Å²) in [5.74, 6) is 5.40. The Balaban J connectivity index is 2.54. The molecule has 1 aromatic rings. The Labute approximate surface area is 89.5 Å². The minimum absolute atomic E-state index is 0.329. The Bertz CT molecular complexity index is 393. The number of hydrogen-bond donors (Lipinski definition) is 2. The number of carbonyl (C=O) groups is 1. The molecule has 1 aliphatic rings. The molecule has 3 N–H and O–H groups in total. The number of benzene rings is 1. The Morgan fingerprint density at radius 3 is 3.07 bits per heavy atom. The molecule has 0 fully saturated rings. The fourth-order valence-corrected chi connectivity index (χ4v) is 2.02. The van der Waals surface area contributed by atoms with Crippen molar-refractivity contribution >= 4 is 21.8 Å². The van der Waals surface area contributed by atoms with Gasteiger partial charge in [-0.25, -0.2) is 5.84 Å². The van der Waals surface area contributed by atoms with Crippen molar-refractivity contribution in [2.45, 2.75) is 6.42 Å². The number of hydrogen-bond acceptors (Lipinski definition) is 3. The summed E-state index contributed by atoms with van der Waals surface area (Å²) in [6.45, 7) is 0.622. The van der Waals surface area contributed by atoms with Gasteiger partial charge in [-0.05, 0) is 17.7 Å². The molecule has 1 amide bonds. The number of nitrogens with one attached hydrogen (secondary N) is 1. The second-order valence-electron chi connectivity index (χ2n) is 3.01. The third-order valence-electron chi connectivity index (χ3n) is 2.12. The predicted octanol–water partition coefficient (Wildman–Crippen LogP) is 0.987. The van der Waals surface area contributed by atoms with Crippen LogP contribution in [0.1, 0.15) is 15.9 Å². The average molecular weight is 257 g/mol. The molecular formula is C9H9BrN2O2. The van der Waals surface area contributed by atoms with Gasteiger partial charge in [-0.15, -0.1) is 0 Å². The molecule has 0 saturated heterocycles. The lowest BCUT2D eigenvalue weighted by molar-refractivity contribution is 0.0950. The fourth-order valence-electron chi connectivity index (χ4n) is 1.52. The van der Waals surface area contributed by atoms with E-state index in [0.717, 1.165) is 16.5 Å². The van der Waals surface area contributed by atoms with Crippen LogP contribution >= 0.6 is 15.9 Å². The van der Waals surface area contributed by atoms with Gasteiger partial charge in [-0.2, -0.15) is 0 Å². The summed E-state index contributed by atoms with van der Waals surface area (Å²) >= 11 is 3.34. The number of fused-ring (bicyclic) bond motifs is 1. The van der Waals surface area contributed by atoms with Crippen LogP contribution in [0.5, 0.6) is 5.75 Å². The first-order chi connectivity index (χ1) is 6.72. The predicted molar refractivity (Wildman–Crippen MR) is 55.0 cm³/mol. The van der Waals surface area contributed by atoms with Crippen LogP contribution in [-0.2, 0) is 6.42 Å². The SMILES string of the molecule is NNC(=O)c1cc(Br)cc2c1OCC2. The van der Waals surface area contributed by atoms with Crippen molar-refractivity contribution < 1.29 is 9.53 Å². The van der Waals surface area contributed by atoms with Crippen LogP contribution < -0.4 is 16.0 Å². The van der Waals surface area contributed by atoms with Crippen molar-refractivity contribution in [3.05, 3.63) is 27.7 Å². The Morgan fingerprint density at radius 2 is 2.36 bits per heavy atom. The molecule has 4 nitrogen and oxygen atoms in total. The lowest BCUT2D eigenvalue weighted by atomic mass is 10.1. The van der Waals surface area contributed by atoms with E-state index in [4.69, 9.17) is 10.6 Å². The highest BCUT2D eigenvalue weighted by Gasteiger charge is 2.21. The first-order valence-corrected chi connectivity index (χ1v) is 4.98. The molecule has 0 radical (unpaired) electrons. The summed E-state index contributed by atoms with van der Waals surface area (Å²) in [6, 6.07) is 3.65. The van der Waals surface area contributed by atoms with Gasteiger partial charge in [-0.1, -0.05) is 15.9 Å². The molecule has 14 heavy (non-hydrogen) atoms. The highest BCUT2D eigenvalue weighted by Crippen LogP contribution is 2.32. The van der Waals surface area contributed by atoms with Gasteiger partial charge >= 0.3 is 0 Å². The Morgan fingerprint density at radius 1 is 1.57 bits per heavy atom. The van der Waals surface area contributed by atoms with Crippen LogP contribution in [0.25, 0.3) is 0 Å². The monoisotopic (exact) mass is 256 g/mol. The first kappa shape index (κ1) is 9.48. The smallest absolute Gasteiger partial charge is 0.268 e. The van der Waals surface area contributed by atoms with E-state index in [2.05, 4.69) is 21.4 Å². The van der Waals surface area contributed by atoms with E-state index in [1.165, 1.54) is 0 Å². The zero-order valence-electron chi connectivity index (χ0n) is 7.34. The van der Waals surface area contributed by atoms with Crippen molar-refractivity contribution in [1.29, 1.82) is 0 Å². The second-order valence-corrected chi connectivity index (χ2v) is 3.93. The normalized spacial score (nSPS) is 13.3. The fraction of sp³-hybridized carbons (Fsp3) is 0.222. The van der Waals surface area contributed by atoms with E-state index in [1.807, 2.05) is 6.07 Å². The van der Waals surface area contributed by atoms with Crippen molar-refractivity contribution in [3.63, 3.8) is 0 Å². The maximum atomic E-state index is 11.4. The number of hydrazine groups is 1. The van der Waals surface area contributed by atoms with E-state index in [0.29, 0.717) is 17.9 Å². The second kappa shape index (κ2) is 3.59. The third kappa shape index (κ3) is 1.49. The highest BCUT2D eigenvalue weighted by molar-refractivity contribution is 9.10. The number of halogens is 1. The van der Waals surface area contributed by atoms with Crippen LogP contribution in [0.15, 0.2) is 16.6 Å². The number of nitrogen functional groups attached to an aromatic ring is 1. The minimum Gasteiger partial charge on any atom is -0.492 e. The van der Waals surface area contributed by atoms with Crippen LogP contribution in [0, 0.1) is 0 Å². The van der Waals surface area contributed by atoms with Gasteiger partial charge in [-0.3, -0.25) is 10.2 Å². The molecule has 0 unspecified atom stereocenters. The standard InChI is InChI=1S/C9H9BrN2O2/c10-6-3-5-1-2-14-8(5)7(4-6)9(13)12-11/h3-4H,1-2,11H2,(H,12,13). The van der Waals surface area contributed by atoms with Crippen LogP contribution in [0.3, 0.4) is 0 Å². The van der Waals surface area contributed by atoms with Crippen molar-refractivity contribution in [2.75, 3.05) is 6.61 Å². The largest absolute Gasteiger partial charge is 0.492 e. The summed E-state index contributed by atoms with van der Waals surface area (Å²) < 4.78 is 6.23. The van der Waals surface area contributed by atoms with E-state index in [9.17, 15) is 4.79 Å². The van der Waals surface area contributed by atoms with Crippen molar-refractivity contribution in [3.8, 4) is 5.75 Å². The summed E-state index contributed by atoms with van der Waals surface area (Å²) in [5, 5.41) is 0. The van der Waals surface area contributed by atoms with E-state index >= 15 is 0 Å². The van der Waals surface area contributed by atoms with Gasteiger partial charge < -0.3 is 4.74 Å². The maximum Gasteiger partial charge on any atom is 0.268 e. The highest BCUT2D eigenvalue weighted by atomic mass is 79.9. The molecular weight excluding hydrogens is 248 g/mol. The van der Waals surface area contributed by atoms with Crippen LogP contribution in [-0.4, -0.2) is 12.5 Å². The third-order valence-corrected chi connectivity index (χ3v) is 2.58. The van der Waals surface area contributed by atoms with Gasteiger partial charge in [0.25, 0.3) is 5.91 Å². The zero-order valence-corrected chi connectivity index (χ0v) is 8.93. The Hall–Kier alpha value is -1.07. The molecule has 1 aliphatic heterocycles. The van der Waals surface area contributed by atoms with E-state index < -0.39 is 0 Å². The number of ether oxygens (including phenoxy) is 1. The summed E-state index contributed by atoms with van der Waals surface area (Å²) in [5.41, 5.74) is 3.62. The summed E-state index contributed by atoms with van der Waals surface area (Å²) in [4.78, 5) is 11.4. The van der Waals surface area contributed by atoms with Gasteiger partial charge in [0.15, 0.2) is 0 Å². The molecule has 1 heterocycles. The lowest BCUT2D eigenvalue weighted by Gasteiger charge is -2.06. The molecule has 0 atom stereocenters. The molecule has 0 aromatic heterocycles. The first-order valence-electron chi connectivity index (χ1n) is 4.18. The van der Waals surface area contributed by atoms with Gasteiger partial charge in [0, 0.05) is 10.9 Å². The average Bonchev–Trinajstić information content (AvgIpc) is 2.62. The molecule has 0 saturated carbocycles. The lowest BCUT2D eigenvalue weighted by Crippen LogP contribution is -2.30. The van der Waals surface area contributed by atoms with Gasteiger partial charge in [0.2, 0.25) is 0 Å². The van der Waals surface area contributed by atoms with Crippen molar-refractivity contribution in [1.82, 2.24) is 5.43 Å². The molecule has 0 spiro atoms. The quantitative estimate of drug-likeness (QED) is 0.448. The molecule has 0 bridgehead atoms. The van der Waals surface area contributed by atoms with Gasteiger partial charge in [0.1, 0.15) is 5.75 Å². The van der Waals surface area contributed by atoms with Crippen LogP contribution in [0.2, 0.25) is 0 Å². The summed E-state index contributed by atoms with van der Waals surface area (Å²) in [6.07, 6.45) is 0.833. The molecule has 0 aliphatic carbocycles.